The quantitative estimate of drug-likeness (QED) is 0.146. The van der Waals surface area contributed by atoms with Crippen LogP contribution >= 0.6 is 0 Å². The third-order valence-corrected chi connectivity index (χ3v) is 17.9. The Hall–Kier alpha value is -10.9. The van der Waals surface area contributed by atoms with Gasteiger partial charge in [-0.2, -0.15) is 0 Å². The first-order valence-corrected chi connectivity index (χ1v) is 30.0. The van der Waals surface area contributed by atoms with E-state index in [-0.39, 0.29) is 0 Å². The molecule has 3 aliphatic rings. The van der Waals surface area contributed by atoms with Crippen LogP contribution in [-0.2, 0) is 6.42 Å². The molecule has 0 heterocycles. The summed E-state index contributed by atoms with van der Waals surface area (Å²) in [4.78, 5) is 0. The van der Waals surface area contributed by atoms with Crippen molar-refractivity contribution in [1.29, 1.82) is 0 Å². The van der Waals surface area contributed by atoms with E-state index in [4.69, 9.17) is 0 Å². The van der Waals surface area contributed by atoms with E-state index < -0.39 is 0 Å². The minimum Gasteiger partial charge on any atom is -0.0759 e. The first-order chi connectivity index (χ1) is 42.6. The molecule has 86 heavy (non-hydrogen) atoms. The zero-order valence-electron chi connectivity index (χ0n) is 47.5. The van der Waals surface area contributed by atoms with Gasteiger partial charge in [0.05, 0.1) is 0 Å². The summed E-state index contributed by atoms with van der Waals surface area (Å²) in [5.74, 6) is 0.420. The Labute approximate surface area is 502 Å². The summed E-state index contributed by atoms with van der Waals surface area (Å²) in [6.45, 7) is 0. The molecule has 402 valence electrons. The van der Waals surface area contributed by atoms with E-state index in [1.54, 1.807) is 0 Å². The maximum atomic E-state index is 2.44. The lowest BCUT2D eigenvalue weighted by Crippen LogP contribution is -2.17. The standard InChI is InChI=1S/C32H20.C30H20.C24H18/c1-3-19-7-11-23-15-27(16-24-12-8-20(4-1)29(19)31(23)24)28-17-25-13-9-21-5-2-6-22-10-14-26(18-28)32(25)30(21)22;1-3-7-23-17-25(11-9-21(23)5-1)27-13-15-30-20-28(14-16-29(30)19-27)26-12-10-22-6-2-4-8-24(22)18-26;1-4-10-19(11-5-1)22-16-23(20-12-6-2-7-13-20)18-24(17-22)21-14-8-3-9-15-21/h1-13,15-18,30H,14H2;1-20H;1-18H. The first kappa shape index (κ1) is 50.8. The summed E-state index contributed by atoms with van der Waals surface area (Å²) in [6.07, 6.45) is 14.8. The van der Waals surface area contributed by atoms with Gasteiger partial charge in [-0.25, -0.2) is 0 Å². The van der Waals surface area contributed by atoms with Crippen LogP contribution in [0.4, 0.5) is 0 Å². The molecule has 15 aromatic rings. The van der Waals surface area contributed by atoms with Crippen molar-refractivity contribution in [2.75, 3.05) is 0 Å². The van der Waals surface area contributed by atoms with E-state index in [0.29, 0.717) is 5.92 Å². The number of rotatable bonds is 6. The summed E-state index contributed by atoms with van der Waals surface area (Å²) in [5, 5.41) is 15.7. The highest BCUT2D eigenvalue weighted by molar-refractivity contribution is 6.23. The fourth-order valence-corrected chi connectivity index (χ4v) is 13.6. The molecular formula is C86H58. The molecule has 0 fully saturated rings. The van der Waals surface area contributed by atoms with E-state index in [1.807, 2.05) is 0 Å². The van der Waals surface area contributed by atoms with Gasteiger partial charge < -0.3 is 0 Å². The third kappa shape index (κ3) is 9.58. The van der Waals surface area contributed by atoms with Crippen LogP contribution in [0.2, 0.25) is 0 Å². The molecule has 0 saturated carbocycles. The first-order valence-electron chi connectivity index (χ1n) is 30.0. The smallest absolute Gasteiger partial charge is 0.0345 e. The van der Waals surface area contributed by atoms with Gasteiger partial charge in [0.15, 0.2) is 0 Å². The van der Waals surface area contributed by atoms with Crippen molar-refractivity contribution in [3.05, 3.63) is 355 Å². The van der Waals surface area contributed by atoms with Crippen LogP contribution in [0.3, 0.4) is 0 Å². The van der Waals surface area contributed by atoms with Crippen molar-refractivity contribution in [2.45, 2.75) is 12.3 Å². The minimum absolute atomic E-state index is 0.420. The molecular weight excluding hydrogens is 1030 g/mol. The maximum Gasteiger partial charge on any atom is 0.0345 e. The second kappa shape index (κ2) is 21.7. The highest BCUT2D eigenvalue weighted by Crippen LogP contribution is 2.48. The molecule has 0 aromatic heterocycles. The van der Waals surface area contributed by atoms with Crippen LogP contribution in [0.1, 0.15) is 22.6 Å². The molecule has 0 saturated heterocycles. The van der Waals surface area contributed by atoms with Crippen molar-refractivity contribution in [3.8, 4) is 66.8 Å². The normalized spacial score (nSPS) is 13.7. The minimum atomic E-state index is 0.420. The van der Waals surface area contributed by atoms with Crippen LogP contribution in [0.5, 0.6) is 0 Å². The largest absolute Gasteiger partial charge is 0.0759 e. The lowest BCUT2D eigenvalue weighted by molar-refractivity contribution is 0.893. The number of hydrogen-bond donors (Lipinski definition) is 0. The SMILES string of the molecule is C1=CC2=CCc3cc(-c4cc5ccc6cccc7ccc(c4)c5c67)cc4c3C2C(=C1)C=C4.c1ccc(-c2cc(-c3ccccc3)cc(-c3ccccc3)c2)cc1.c1ccc2cc(-c3ccc4cc(-c5ccc6ccccc6c5)ccc4c3)ccc2c1. The number of allylic oxidation sites excluding steroid dienone is 7. The lowest BCUT2D eigenvalue weighted by atomic mass is 9.70. The molecule has 0 spiro atoms. The van der Waals surface area contributed by atoms with Crippen LogP contribution in [0, 0.1) is 0 Å². The van der Waals surface area contributed by atoms with E-state index in [2.05, 4.69) is 334 Å². The van der Waals surface area contributed by atoms with Gasteiger partial charge in [-0.3, -0.25) is 0 Å². The summed E-state index contributed by atoms with van der Waals surface area (Å²) in [6, 6.07) is 108. The van der Waals surface area contributed by atoms with Gasteiger partial charge >= 0.3 is 0 Å². The second-order valence-electron chi connectivity index (χ2n) is 23.1. The van der Waals surface area contributed by atoms with Gasteiger partial charge in [0.2, 0.25) is 0 Å². The summed E-state index contributed by atoms with van der Waals surface area (Å²) < 4.78 is 0. The van der Waals surface area contributed by atoms with Crippen LogP contribution in [-0.4, -0.2) is 0 Å². The monoisotopic (exact) mass is 1090 g/mol. The van der Waals surface area contributed by atoms with Crippen LogP contribution < -0.4 is 0 Å². The van der Waals surface area contributed by atoms with E-state index >= 15 is 0 Å². The van der Waals surface area contributed by atoms with Crippen molar-refractivity contribution >= 4 is 70.7 Å². The molecule has 15 aromatic carbocycles. The third-order valence-electron chi connectivity index (χ3n) is 17.9. The topological polar surface area (TPSA) is 0 Å². The molecule has 0 aliphatic heterocycles. The average Bonchev–Trinajstić information content (AvgIpc) is 1.13. The Kier molecular flexibility index (Phi) is 12.8. The van der Waals surface area contributed by atoms with Gasteiger partial charge in [0.1, 0.15) is 0 Å². The molecule has 3 aliphatic carbocycles. The van der Waals surface area contributed by atoms with Gasteiger partial charge in [0.25, 0.3) is 0 Å². The van der Waals surface area contributed by atoms with Crippen molar-refractivity contribution in [2.24, 2.45) is 0 Å². The molecule has 0 bridgehead atoms. The number of benzene rings is 15. The molecule has 0 N–H and O–H groups in total. The highest BCUT2D eigenvalue weighted by atomic mass is 14.3. The molecule has 0 amide bonds. The lowest BCUT2D eigenvalue weighted by Gasteiger charge is -2.33. The molecule has 0 heteroatoms. The zero-order valence-corrected chi connectivity index (χ0v) is 47.5. The molecule has 18 rings (SSSR count). The Morgan fingerprint density at radius 1 is 0.233 bits per heavy atom. The van der Waals surface area contributed by atoms with Crippen molar-refractivity contribution in [3.63, 3.8) is 0 Å². The van der Waals surface area contributed by atoms with Crippen molar-refractivity contribution < 1.29 is 0 Å². The van der Waals surface area contributed by atoms with Gasteiger partial charge in [-0.1, -0.05) is 273 Å². The molecule has 0 nitrogen and oxygen atoms in total. The predicted octanol–water partition coefficient (Wildman–Crippen LogP) is 23.5. The molecule has 0 radical (unpaired) electrons. The predicted molar refractivity (Wildman–Crippen MR) is 369 cm³/mol. The zero-order chi connectivity index (χ0) is 56.9. The Bertz CT molecular complexity index is 4910. The van der Waals surface area contributed by atoms with E-state index in [0.717, 1.165) is 6.42 Å². The molecule has 1 unspecified atom stereocenters. The maximum absolute atomic E-state index is 2.44. The van der Waals surface area contributed by atoms with Gasteiger partial charge in [0, 0.05) is 5.92 Å². The van der Waals surface area contributed by atoms with Gasteiger partial charge in [-0.15, -0.1) is 0 Å². The molecule has 1 atom stereocenters. The summed E-state index contributed by atoms with van der Waals surface area (Å²) in [5.41, 5.74) is 22.4. The summed E-state index contributed by atoms with van der Waals surface area (Å²) in [7, 11) is 0. The van der Waals surface area contributed by atoms with Crippen LogP contribution in [0.15, 0.2) is 339 Å². The van der Waals surface area contributed by atoms with Crippen molar-refractivity contribution in [1.82, 2.24) is 0 Å². The Balaban J connectivity index is 0.000000106. The Morgan fingerprint density at radius 2 is 0.605 bits per heavy atom. The number of hydrogen-bond acceptors (Lipinski definition) is 0. The fraction of sp³-hybridized carbons (Fsp3) is 0.0233. The Morgan fingerprint density at radius 3 is 1.10 bits per heavy atom. The second-order valence-corrected chi connectivity index (χ2v) is 23.1. The van der Waals surface area contributed by atoms with E-state index in [9.17, 15) is 0 Å². The number of fused-ring (bicyclic) bond motifs is 3. The average molecular weight is 1090 g/mol. The highest BCUT2D eigenvalue weighted by Gasteiger charge is 2.30. The summed E-state index contributed by atoms with van der Waals surface area (Å²) >= 11 is 0. The fourth-order valence-electron chi connectivity index (χ4n) is 13.6. The van der Waals surface area contributed by atoms with E-state index in [1.165, 1.54) is 159 Å². The van der Waals surface area contributed by atoms with Crippen LogP contribution in [0.25, 0.3) is 137 Å². The van der Waals surface area contributed by atoms with Gasteiger partial charge in [-0.05, 0) is 226 Å².